The van der Waals surface area contributed by atoms with E-state index >= 15 is 0 Å². The summed E-state index contributed by atoms with van der Waals surface area (Å²) in [5.74, 6) is 0. The van der Waals surface area contributed by atoms with Gasteiger partial charge in [0.25, 0.3) is 5.56 Å². The number of rotatable bonds is 5. The third-order valence-corrected chi connectivity index (χ3v) is 4.12. The molecule has 0 radical (unpaired) electrons. The minimum atomic E-state index is -0.501. The number of methoxy groups -OCH3 is 1. The maximum absolute atomic E-state index is 12.0. The van der Waals surface area contributed by atoms with E-state index in [9.17, 15) is 4.79 Å². The normalized spacial score (nSPS) is 12.2. The molecule has 22 heavy (non-hydrogen) atoms. The van der Waals surface area contributed by atoms with Gasteiger partial charge < -0.3 is 10.1 Å². The molecule has 1 unspecified atom stereocenters. The number of nitrogens with one attached hydrogen (secondary N) is 1. The van der Waals surface area contributed by atoms with Crippen LogP contribution in [0.5, 0.6) is 0 Å². The summed E-state index contributed by atoms with van der Waals surface area (Å²) in [4.78, 5) is 12.0. The van der Waals surface area contributed by atoms with Crippen molar-refractivity contribution in [2.75, 3.05) is 19.0 Å². The number of ether oxygens (including phenoxy) is 1. The van der Waals surface area contributed by atoms with Crippen LogP contribution in [-0.4, -0.2) is 29.5 Å². The maximum Gasteiger partial charge on any atom is 0.291 e. The number of nitrogens with zero attached hydrogens (tertiary/aromatic N) is 2. The Morgan fingerprint density at radius 2 is 2.05 bits per heavy atom. The fraction of sp³-hybridized carbons (Fsp3) is 0.286. The summed E-state index contributed by atoms with van der Waals surface area (Å²) >= 11 is 17.8. The number of anilines is 1. The fourth-order valence-electron chi connectivity index (χ4n) is 1.71. The van der Waals surface area contributed by atoms with E-state index in [0.717, 1.165) is 10.4 Å². The summed E-state index contributed by atoms with van der Waals surface area (Å²) in [5, 5.41) is 7.61. The van der Waals surface area contributed by atoms with Gasteiger partial charge >= 0.3 is 0 Å². The Morgan fingerprint density at radius 3 is 2.68 bits per heavy atom. The first-order chi connectivity index (χ1) is 10.4. The maximum atomic E-state index is 12.0. The summed E-state index contributed by atoms with van der Waals surface area (Å²) in [6.07, 6.45) is 1.36. The third kappa shape index (κ3) is 3.73. The number of hydrogen-bond donors (Lipinski definition) is 1. The molecule has 5 nitrogen and oxygen atoms in total. The van der Waals surface area contributed by atoms with Crippen molar-refractivity contribution in [1.29, 1.82) is 0 Å². The molecule has 0 spiro atoms. The van der Waals surface area contributed by atoms with Gasteiger partial charge in [-0.1, -0.05) is 34.8 Å². The fourth-order valence-corrected chi connectivity index (χ4v) is 2.21. The van der Waals surface area contributed by atoms with Gasteiger partial charge in [-0.15, -0.1) is 0 Å². The topological polar surface area (TPSA) is 56.1 Å². The van der Waals surface area contributed by atoms with Crippen molar-refractivity contribution < 1.29 is 4.74 Å². The molecule has 1 aromatic carbocycles. The zero-order chi connectivity index (χ0) is 16.3. The monoisotopic (exact) mass is 361 g/mol. The van der Waals surface area contributed by atoms with Gasteiger partial charge in [0, 0.05) is 13.7 Å². The molecule has 1 N–H and O–H groups in total. The summed E-state index contributed by atoms with van der Waals surface area (Å²) < 4.78 is 6.30. The highest BCUT2D eigenvalue weighted by molar-refractivity contribution is 6.41. The molecule has 2 aromatic rings. The second kappa shape index (κ2) is 7.33. The highest BCUT2D eigenvalue weighted by Crippen LogP contribution is 2.25. The van der Waals surface area contributed by atoms with Gasteiger partial charge in [0.1, 0.15) is 5.02 Å². The molecule has 0 amide bonds. The van der Waals surface area contributed by atoms with Crippen LogP contribution in [0.15, 0.2) is 29.2 Å². The highest BCUT2D eigenvalue weighted by Gasteiger charge is 2.11. The van der Waals surface area contributed by atoms with Crippen molar-refractivity contribution >= 4 is 40.5 Å². The van der Waals surface area contributed by atoms with E-state index in [1.807, 2.05) is 6.92 Å². The van der Waals surface area contributed by atoms with E-state index in [2.05, 4.69) is 10.4 Å². The average Bonchev–Trinajstić information content (AvgIpc) is 2.51. The molecule has 0 aliphatic carbocycles. The number of halogens is 3. The first-order valence-electron chi connectivity index (χ1n) is 6.44. The molecule has 118 valence electrons. The zero-order valence-corrected chi connectivity index (χ0v) is 14.2. The van der Waals surface area contributed by atoms with Gasteiger partial charge in [-0.05, 0) is 25.1 Å². The first-order valence-corrected chi connectivity index (χ1v) is 7.57. The van der Waals surface area contributed by atoms with E-state index in [0.29, 0.717) is 17.3 Å². The number of benzene rings is 1. The summed E-state index contributed by atoms with van der Waals surface area (Å²) in [7, 11) is 1.64. The molecular weight excluding hydrogens is 349 g/mol. The van der Waals surface area contributed by atoms with Gasteiger partial charge in [-0.3, -0.25) is 4.79 Å². The summed E-state index contributed by atoms with van der Waals surface area (Å²) in [5.41, 5.74) is 0.736. The Labute approximate surface area is 142 Å². The molecule has 0 fully saturated rings. The van der Waals surface area contributed by atoms with E-state index in [1.54, 1.807) is 25.3 Å². The largest absolute Gasteiger partial charge is 0.381 e. The second-order valence-corrected chi connectivity index (χ2v) is 5.81. The Hall–Kier alpha value is -1.27. The third-order valence-electron chi connectivity index (χ3n) is 3.06. The predicted octanol–water partition coefficient (Wildman–Crippen LogP) is 3.64. The van der Waals surface area contributed by atoms with E-state index in [1.165, 1.54) is 6.20 Å². The lowest BCUT2D eigenvalue weighted by atomic mass is 10.2. The van der Waals surface area contributed by atoms with Crippen molar-refractivity contribution in [3.63, 3.8) is 0 Å². The molecule has 0 aliphatic rings. The van der Waals surface area contributed by atoms with Gasteiger partial charge in [0.2, 0.25) is 0 Å². The van der Waals surface area contributed by atoms with E-state index in [-0.39, 0.29) is 16.1 Å². The van der Waals surface area contributed by atoms with Gasteiger partial charge in [-0.2, -0.15) is 9.78 Å². The van der Waals surface area contributed by atoms with Crippen molar-refractivity contribution in [3.05, 3.63) is 49.8 Å². The molecule has 1 atom stereocenters. The highest BCUT2D eigenvalue weighted by atomic mass is 35.5. The number of hydrogen-bond acceptors (Lipinski definition) is 4. The molecule has 1 heterocycles. The smallest absolute Gasteiger partial charge is 0.291 e. The van der Waals surface area contributed by atoms with Crippen LogP contribution in [0.3, 0.4) is 0 Å². The van der Waals surface area contributed by atoms with E-state index in [4.69, 9.17) is 39.5 Å². The van der Waals surface area contributed by atoms with Crippen molar-refractivity contribution in [1.82, 2.24) is 9.78 Å². The van der Waals surface area contributed by atoms with Crippen LogP contribution in [0.25, 0.3) is 5.69 Å². The Bertz CT molecular complexity index is 734. The summed E-state index contributed by atoms with van der Waals surface area (Å²) in [6, 6.07) is 5.10. The van der Waals surface area contributed by atoms with Crippen LogP contribution in [0.2, 0.25) is 15.1 Å². The lowest BCUT2D eigenvalue weighted by molar-refractivity contribution is 0.129. The predicted molar refractivity (Wildman–Crippen MR) is 89.8 cm³/mol. The van der Waals surface area contributed by atoms with Crippen molar-refractivity contribution in [2.45, 2.75) is 13.0 Å². The molecule has 0 saturated heterocycles. The van der Waals surface area contributed by atoms with E-state index < -0.39 is 5.56 Å². The van der Waals surface area contributed by atoms with Crippen LogP contribution in [0, 0.1) is 0 Å². The molecule has 0 aliphatic heterocycles. The van der Waals surface area contributed by atoms with Crippen LogP contribution >= 0.6 is 34.8 Å². The lowest BCUT2D eigenvalue weighted by Crippen LogP contribution is -2.21. The van der Waals surface area contributed by atoms with Crippen LogP contribution in [-0.2, 0) is 4.74 Å². The zero-order valence-electron chi connectivity index (χ0n) is 11.9. The Morgan fingerprint density at radius 1 is 1.32 bits per heavy atom. The minimum absolute atomic E-state index is 0.0510. The van der Waals surface area contributed by atoms with Crippen LogP contribution in [0.1, 0.15) is 6.92 Å². The minimum Gasteiger partial charge on any atom is -0.381 e. The van der Waals surface area contributed by atoms with Crippen molar-refractivity contribution in [2.24, 2.45) is 0 Å². The second-order valence-electron chi connectivity index (χ2n) is 4.61. The molecule has 0 bridgehead atoms. The molecule has 8 heteroatoms. The standard InChI is InChI=1S/C14H14Cl3N3O2/c1-8(22-2)6-18-12-4-3-9(5-10(12)15)20-14(21)13(17)11(16)7-19-20/h3-5,7-8,18H,6H2,1-2H3. The van der Waals surface area contributed by atoms with Crippen molar-refractivity contribution in [3.8, 4) is 5.69 Å². The first kappa shape index (κ1) is 17.1. The lowest BCUT2D eigenvalue weighted by Gasteiger charge is -2.14. The molecule has 1 aromatic heterocycles. The SMILES string of the molecule is COC(C)CNc1ccc(-n2ncc(Cl)c(Cl)c2=O)cc1Cl. The van der Waals surface area contributed by atoms with Crippen LogP contribution in [0.4, 0.5) is 5.69 Å². The molecule has 2 rings (SSSR count). The molecule has 0 saturated carbocycles. The quantitative estimate of drug-likeness (QED) is 0.882. The summed E-state index contributed by atoms with van der Waals surface area (Å²) in [6.45, 7) is 2.55. The average molecular weight is 363 g/mol. The molecular formula is C14H14Cl3N3O2. The van der Waals surface area contributed by atoms with Crippen LogP contribution < -0.4 is 10.9 Å². The Balaban J connectivity index is 2.30. The van der Waals surface area contributed by atoms with Gasteiger partial charge in [0.15, 0.2) is 0 Å². The van der Waals surface area contributed by atoms with Gasteiger partial charge in [0.05, 0.1) is 33.7 Å². The number of aromatic nitrogens is 2. The van der Waals surface area contributed by atoms with Gasteiger partial charge in [-0.25, -0.2) is 0 Å². The Kier molecular flexibility index (Phi) is 5.69.